The number of nitrogens with zero attached hydrogens (tertiary/aromatic N) is 1. The summed E-state index contributed by atoms with van der Waals surface area (Å²) in [7, 11) is 0. The van der Waals surface area contributed by atoms with E-state index in [9.17, 15) is 4.79 Å². The molecule has 4 heteroatoms. The van der Waals surface area contributed by atoms with Crippen LogP contribution in [-0.4, -0.2) is 50.1 Å². The Hall–Kier alpha value is -0.610. The van der Waals surface area contributed by atoms with Crippen molar-refractivity contribution in [2.75, 3.05) is 39.3 Å². The van der Waals surface area contributed by atoms with E-state index in [1.165, 1.54) is 38.9 Å². The van der Waals surface area contributed by atoms with Crippen LogP contribution in [-0.2, 0) is 4.79 Å². The van der Waals surface area contributed by atoms with Crippen molar-refractivity contribution >= 4 is 5.91 Å². The molecule has 0 aromatic heterocycles. The number of nitrogens with one attached hydrogen (secondary N) is 2. The first kappa shape index (κ1) is 13.8. The Morgan fingerprint density at radius 1 is 1.33 bits per heavy atom. The second kappa shape index (κ2) is 7.10. The van der Waals surface area contributed by atoms with Crippen LogP contribution in [0.4, 0.5) is 0 Å². The number of hydrogen-bond donors (Lipinski definition) is 2. The van der Waals surface area contributed by atoms with E-state index in [4.69, 9.17) is 0 Å². The zero-order chi connectivity index (χ0) is 12.8. The monoisotopic (exact) mass is 253 g/mol. The fourth-order valence-corrected chi connectivity index (χ4v) is 3.00. The second-order valence-electron chi connectivity index (χ2n) is 5.72. The first-order valence-corrected chi connectivity index (χ1v) is 7.50. The van der Waals surface area contributed by atoms with Crippen LogP contribution in [0.5, 0.6) is 0 Å². The molecule has 2 rings (SSSR count). The van der Waals surface area contributed by atoms with Crippen molar-refractivity contribution in [3.8, 4) is 0 Å². The van der Waals surface area contributed by atoms with E-state index in [1.807, 2.05) is 0 Å². The summed E-state index contributed by atoms with van der Waals surface area (Å²) < 4.78 is 0. The molecule has 0 aromatic carbocycles. The zero-order valence-electron chi connectivity index (χ0n) is 11.6. The molecule has 0 bridgehead atoms. The minimum absolute atomic E-state index is 0.213. The molecular weight excluding hydrogens is 226 g/mol. The van der Waals surface area contributed by atoms with Gasteiger partial charge in [0.1, 0.15) is 0 Å². The maximum atomic E-state index is 11.9. The quantitative estimate of drug-likeness (QED) is 0.763. The fraction of sp³-hybridized carbons (Fsp3) is 0.929. The van der Waals surface area contributed by atoms with Crippen molar-refractivity contribution in [3.63, 3.8) is 0 Å². The Kier molecular flexibility index (Phi) is 5.45. The van der Waals surface area contributed by atoms with Crippen molar-refractivity contribution in [2.24, 2.45) is 11.8 Å². The number of amides is 1. The molecular formula is C14H27N3O. The van der Waals surface area contributed by atoms with Gasteiger partial charge in [-0.2, -0.15) is 0 Å². The highest BCUT2D eigenvalue weighted by Crippen LogP contribution is 2.17. The molecule has 0 aromatic rings. The van der Waals surface area contributed by atoms with Crippen LogP contribution >= 0.6 is 0 Å². The average molecular weight is 253 g/mol. The van der Waals surface area contributed by atoms with Crippen molar-refractivity contribution in [1.29, 1.82) is 0 Å². The van der Waals surface area contributed by atoms with E-state index < -0.39 is 0 Å². The molecule has 104 valence electrons. The Labute approximate surface area is 110 Å². The van der Waals surface area contributed by atoms with E-state index in [2.05, 4.69) is 22.5 Å². The standard InChI is InChI=1S/C14H27N3O/c1-2-7-17-8-4-12(5-9-17)10-16-14(18)13-3-6-15-11-13/h12-13,15H,2-11H2,1H3,(H,16,18). The van der Waals surface area contributed by atoms with Crippen molar-refractivity contribution in [3.05, 3.63) is 0 Å². The molecule has 2 saturated heterocycles. The van der Waals surface area contributed by atoms with Crippen molar-refractivity contribution < 1.29 is 4.79 Å². The van der Waals surface area contributed by atoms with E-state index in [0.29, 0.717) is 5.92 Å². The van der Waals surface area contributed by atoms with Gasteiger partial charge in [0.25, 0.3) is 0 Å². The highest BCUT2D eigenvalue weighted by molar-refractivity contribution is 5.79. The van der Waals surface area contributed by atoms with Crippen LogP contribution in [0, 0.1) is 11.8 Å². The smallest absolute Gasteiger partial charge is 0.224 e. The van der Waals surface area contributed by atoms with Gasteiger partial charge in [-0.3, -0.25) is 4.79 Å². The van der Waals surface area contributed by atoms with Gasteiger partial charge in [0.05, 0.1) is 5.92 Å². The zero-order valence-corrected chi connectivity index (χ0v) is 11.6. The molecule has 2 aliphatic rings. The van der Waals surface area contributed by atoms with Crippen LogP contribution < -0.4 is 10.6 Å². The normalized spacial score (nSPS) is 26.4. The lowest BCUT2D eigenvalue weighted by Gasteiger charge is -2.31. The summed E-state index contributed by atoms with van der Waals surface area (Å²) in [5.41, 5.74) is 0. The lowest BCUT2D eigenvalue weighted by Crippen LogP contribution is -2.40. The van der Waals surface area contributed by atoms with Crippen LogP contribution in [0.2, 0.25) is 0 Å². The molecule has 2 heterocycles. The number of rotatable bonds is 5. The third kappa shape index (κ3) is 3.95. The molecule has 2 fully saturated rings. The SMILES string of the molecule is CCCN1CCC(CNC(=O)C2CCNC2)CC1. The fourth-order valence-electron chi connectivity index (χ4n) is 3.00. The van der Waals surface area contributed by atoms with Crippen LogP contribution in [0.15, 0.2) is 0 Å². The maximum Gasteiger partial charge on any atom is 0.224 e. The van der Waals surface area contributed by atoms with E-state index in [-0.39, 0.29) is 11.8 Å². The van der Waals surface area contributed by atoms with Gasteiger partial charge in [-0.05, 0) is 57.8 Å². The number of hydrogen-bond acceptors (Lipinski definition) is 3. The largest absolute Gasteiger partial charge is 0.356 e. The van der Waals surface area contributed by atoms with E-state index in [0.717, 1.165) is 26.1 Å². The van der Waals surface area contributed by atoms with Crippen molar-refractivity contribution in [2.45, 2.75) is 32.6 Å². The third-order valence-corrected chi connectivity index (χ3v) is 4.24. The number of carbonyl (C=O) groups is 1. The van der Waals surface area contributed by atoms with E-state index >= 15 is 0 Å². The lowest BCUT2D eigenvalue weighted by molar-refractivity contribution is -0.124. The second-order valence-corrected chi connectivity index (χ2v) is 5.72. The first-order chi connectivity index (χ1) is 8.79. The molecule has 0 aliphatic carbocycles. The minimum Gasteiger partial charge on any atom is -0.356 e. The summed E-state index contributed by atoms with van der Waals surface area (Å²) in [6, 6.07) is 0. The van der Waals surface area contributed by atoms with Gasteiger partial charge in [-0.1, -0.05) is 6.92 Å². The Morgan fingerprint density at radius 3 is 2.72 bits per heavy atom. The van der Waals surface area contributed by atoms with Gasteiger partial charge >= 0.3 is 0 Å². The van der Waals surface area contributed by atoms with Gasteiger partial charge in [0.2, 0.25) is 5.91 Å². The van der Waals surface area contributed by atoms with Gasteiger partial charge in [0, 0.05) is 13.1 Å². The highest BCUT2D eigenvalue weighted by Gasteiger charge is 2.24. The molecule has 1 unspecified atom stereocenters. The molecule has 0 radical (unpaired) electrons. The predicted molar refractivity (Wildman–Crippen MR) is 73.4 cm³/mol. The van der Waals surface area contributed by atoms with Gasteiger partial charge in [-0.15, -0.1) is 0 Å². The summed E-state index contributed by atoms with van der Waals surface area (Å²) >= 11 is 0. The van der Waals surface area contributed by atoms with Gasteiger partial charge in [0.15, 0.2) is 0 Å². The average Bonchev–Trinajstić information content (AvgIpc) is 2.92. The highest BCUT2D eigenvalue weighted by atomic mass is 16.1. The lowest BCUT2D eigenvalue weighted by atomic mass is 9.96. The first-order valence-electron chi connectivity index (χ1n) is 7.50. The predicted octanol–water partition coefficient (Wildman–Crippen LogP) is 0.834. The van der Waals surface area contributed by atoms with Crippen LogP contribution in [0.3, 0.4) is 0 Å². The topological polar surface area (TPSA) is 44.4 Å². The molecule has 1 atom stereocenters. The molecule has 2 aliphatic heterocycles. The van der Waals surface area contributed by atoms with Crippen molar-refractivity contribution in [1.82, 2.24) is 15.5 Å². The third-order valence-electron chi connectivity index (χ3n) is 4.24. The molecule has 0 saturated carbocycles. The summed E-state index contributed by atoms with van der Waals surface area (Å²) in [6.45, 7) is 8.62. The number of carbonyl (C=O) groups excluding carboxylic acids is 1. The minimum atomic E-state index is 0.213. The Balaban J connectivity index is 1.61. The van der Waals surface area contributed by atoms with Gasteiger partial charge < -0.3 is 15.5 Å². The summed E-state index contributed by atoms with van der Waals surface area (Å²) in [6.07, 6.45) is 4.73. The molecule has 18 heavy (non-hydrogen) atoms. The summed E-state index contributed by atoms with van der Waals surface area (Å²) in [5.74, 6) is 1.16. The molecule has 2 N–H and O–H groups in total. The van der Waals surface area contributed by atoms with E-state index in [1.54, 1.807) is 0 Å². The van der Waals surface area contributed by atoms with Crippen LogP contribution in [0.1, 0.15) is 32.6 Å². The maximum absolute atomic E-state index is 11.9. The summed E-state index contributed by atoms with van der Waals surface area (Å²) in [4.78, 5) is 14.4. The van der Waals surface area contributed by atoms with Gasteiger partial charge in [-0.25, -0.2) is 0 Å². The number of likely N-dealkylation sites (tertiary alicyclic amines) is 1. The summed E-state index contributed by atoms with van der Waals surface area (Å²) in [5, 5.41) is 6.39. The Morgan fingerprint density at radius 2 is 2.11 bits per heavy atom. The molecule has 4 nitrogen and oxygen atoms in total. The molecule has 1 amide bonds. The van der Waals surface area contributed by atoms with Crippen LogP contribution in [0.25, 0.3) is 0 Å². The molecule has 0 spiro atoms. The Bertz CT molecular complexity index is 256. The number of piperidine rings is 1.